The molecule has 2 aliphatic rings. The summed E-state index contributed by atoms with van der Waals surface area (Å²) in [5, 5.41) is 3.48. The van der Waals surface area contributed by atoms with Gasteiger partial charge in [-0.3, -0.25) is 0 Å². The maximum Gasteiger partial charge on any atom is 0.161 e. The molecule has 3 rings (SSSR count). The van der Waals surface area contributed by atoms with Crippen molar-refractivity contribution in [3.8, 4) is 11.5 Å². The Balaban J connectivity index is 1.44. The molecule has 0 radical (unpaired) electrons. The highest BCUT2D eigenvalue weighted by Crippen LogP contribution is 2.32. The van der Waals surface area contributed by atoms with Gasteiger partial charge >= 0.3 is 0 Å². The molecule has 1 saturated carbocycles. The molecule has 1 heterocycles. The van der Waals surface area contributed by atoms with Crippen molar-refractivity contribution in [2.75, 3.05) is 33.0 Å². The summed E-state index contributed by atoms with van der Waals surface area (Å²) in [6.45, 7) is 6.02. The monoisotopic (exact) mass is 277 g/mol. The molecular formula is C16H23NO3. The molecule has 0 aromatic heterocycles. The summed E-state index contributed by atoms with van der Waals surface area (Å²) in [5.74, 6) is 2.54. The second kappa shape index (κ2) is 6.46. The number of nitrogens with one attached hydrogen (secondary N) is 1. The Morgan fingerprint density at radius 1 is 1.25 bits per heavy atom. The standard InChI is InChI=1S/C16H23NO3/c1-12(17-6-7-18-11-13-2-3-13)14-4-5-15-16(10-14)20-9-8-19-15/h4-5,10,12-13,17H,2-3,6-9,11H2,1H3. The Morgan fingerprint density at radius 3 is 2.85 bits per heavy atom. The second-order valence-electron chi connectivity index (χ2n) is 5.60. The van der Waals surface area contributed by atoms with E-state index < -0.39 is 0 Å². The van der Waals surface area contributed by atoms with Crippen LogP contribution in [0.5, 0.6) is 11.5 Å². The Bertz CT molecular complexity index is 445. The van der Waals surface area contributed by atoms with Crippen molar-refractivity contribution < 1.29 is 14.2 Å². The summed E-state index contributed by atoms with van der Waals surface area (Å²) in [7, 11) is 0. The van der Waals surface area contributed by atoms with Crippen LogP contribution in [0.3, 0.4) is 0 Å². The van der Waals surface area contributed by atoms with E-state index in [2.05, 4.69) is 24.4 Å². The number of ether oxygens (including phenoxy) is 3. The van der Waals surface area contributed by atoms with Crippen LogP contribution in [-0.2, 0) is 4.74 Å². The first-order valence-electron chi connectivity index (χ1n) is 7.53. The third kappa shape index (κ3) is 3.64. The SMILES string of the molecule is CC(NCCOCC1CC1)c1ccc2c(c1)OCCO2. The van der Waals surface area contributed by atoms with Crippen molar-refractivity contribution in [2.45, 2.75) is 25.8 Å². The van der Waals surface area contributed by atoms with E-state index in [-0.39, 0.29) is 6.04 Å². The summed E-state index contributed by atoms with van der Waals surface area (Å²) in [4.78, 5) is 0. The molecule has 1 N–H and O–H groups in total. The molecule has 1 atom stereocenters. The average Bonchev–Trinajstić information content (AvgIpc) is 3.30. The van der Waals surface area contributed by atoms with E-state index in [1.807, 2.05) is 6.07 Å². The van der Waals surface area contributed by atoms with E-state index in [0.717, 1.165) is 37.2 Å². The van der Waals surface area contributed by atoms with Gasteiger partial charge < -0.3 is 19.5 Å². The van der Waals surface area contributed by atoms with Crippen LogP contribution in [-0.4, -0.2) is 33.0 Å². The molecule has 0 amide bonds. The highest BCUT2D eigenvalue weighted by Gasteiger charge is 2.21. The first-order chi connectivity index (χ1) is 9.83. The quantitative estimate of drug-likeness (QED) is 0.777. The van der Waals surface area contributed by atoms with Crippen LogP contribution < -0.4 is 14.8 Å². The molecule has 1 aromatic rings. The number of fused-ring (bicyclic) bond motifs is 1. The molecule has 20 heavy (non-hydrogen) atoms. The summed E-state index contributed by atoms with van der Waals surface area (Å²) >= 11 is 0. The van der Waals surface area contributed by atoms with Crippen LogP contribution in [0.25, 0.3) is 0 Å². The van der Waals surface area contributed by atoms with Gasteiger partial charge in [-0.1, -0.05) is 6.07 Å². The van der Waals surface area contributed by atoms with E-state index in [0.29, 0.717) is 13.2 Å². The molecule has 4 nitrogen and oxygen atoms in total. The molecule has 4 heteroatoms. The first kappa shape index (κ1) is 13.7. The topological polar surface area (TPSA) is 39.7 Å². The van der Waals surface area contributed by atoms with Gasteiger partial charge in [-0.05, 0) is 43.4 Å². The highest BCUT2D eigenvalue weighted by molar-refractivity contribution is 5.44. The summed E-state index contributed by atoms with van der Waals surface area (Å²) in [5.41, 5.74) is 1.22. The van der Waals surface area contributed by atoms with E-state index in [4.69, 9.17) is 14.2 Å². The lowest BCUT2D eigenvalue weighted by Gasteiger charge is -2.21. The fourth-order valence-corrected chi connectivity index (χ4v) is 2.33. The van der Waals surface area contributed by atoms with E-state index in [9.17, 15) is 0 Å². The third-order valence-corrected chi connectivity index (χ3v) is 3.81. The number of benzene rings is 1. The minimum atomic E-state index is 0.287. The molecule has 0 saturated heterocycles. The molecule has 1 unspecified atom stereocenters. The van der Waals surface area contributed by atoms with Crippen LogP contribution in [0.1, 0.15) is 31.4 Å². The van der Waals surface area contributed by atoms with Crippen LogP contribution in [0.2, 0.25) is 0 Å². The van der Waals surface area contributed by atoms with Gasteiger partial charge in [0, 0.05) is 19.2 Å². The van der Waals surface area contributed by atoms with Crippen LogP contribution in [0, 0.1) is 5.92 Å². The van der Waals surface area contributed by atoms with Gasteiger partial charge in [-0.2, -0.15) is 0 Å². The van der Waals surface area contributed by atoms with Gasteiger partial charge in [0.2, 0.25) is 0 Å². The Kier molecular flexibility index (Phi) is 4.43. The van der Waals surface area contributed by atoms with Crippen molar-refractivity contribution in [1.82, 2.24) is 5.32 Å². The van der Waals surface area contributed by atoms with Crippen molar-refractivity contribution in [2.24, 2.45) is 5.92 Å². The first-order valence-corrected chi connectivity index (χ1v) is 7.53. The Hall–Kier alpha value is -1.26. The lowest BCUT2D eigenvalue weighted by Crippen LogP contribution is -2.24. The predicted octanol–water partition coefficient (Wildman–Crippen LogP) is 2.54. The van der Waals surface area contributed by atoms with E-state index in [1.165, 1.54) is 18.4 Å². The summed E-state index contributed by atoms with van der Waals surface area (Å²) in [6, 6.07) is 6.44. The highest BCUT2D eigenvalue weighted by atomic mass is 16.6. The smallest absolute Gasteiger partial charge is 0.161 e. The molecule has 1 fully saturated rings. The van der Waals surface area contributed by atoms with Crippen molar-refractivity contribution in [1.29, 1.82) is 0 Å². The normalized spacial score (nSPS) is 18.9. The summed E-state index contributed by atoms with van der Waals surface area (Å²) < 4.78 is 16.8. The van der Waals surface area contributed by atoms with Gasteiger partial charge in [0.25, 0.3) is 0 Å². The Labute approximate surface area is 120 Å². The molecular weight excluding hydrogens is 254 g/mol. The van der Waals surface area contributed by atoms with Gasteiger partial charge in [-0.25, -0.2) is 0 Å². The molecule has 110 valence electrons. The molecule has 0 bridgehead atoms. The van der Waals surface area contributed by atoms with Crippen molar-refractivity contribution >= 4 is 0 Å². The van der Waals surface area contributed by atoms with Gasteiger partial charge in [0.05, 0.1) is 6.61 Å². The van der Waals surface area contributed by atoms with Gasteiger partial charge in [-0.15, -0.1) is 0 Å². The minimum Gasteiger partial charge on any atom is -0.486 e. The average molecular weight is 277 g/mol. The predicted molar refractivity (Wildman–Crippen MR) is 77.4 cm³/mol. The zero-order valence-corrected chi connectivity index (χ0v) is 12.1. The zero-order valence-electron chi connectivity index (χ0n) is 12.1. The maximum atomic E-state index is 5.63. The maximum absolute atomic E-state index is 5.63. The minimum absolute atomic E-state index is 0.287. The number of hydrogen-bond donors (Lipinski definition) is 1. The lowest BCUT2D eigenvalue weighted by atomic mass is 10.1. The molecule has 1 aliphatic carbocycles. The largest absolute Gasteiger partial charge is 0.486 e. The third-order valence-electron chi connectivity index (χ3n) is 3.81. The van der Waals surface area contributed by atoms with Crippen LogP contribution in [0.15, 0.2) is 18.2 Å². The van der Waals surface area contributed by atoms with Crippen LogP contribution in [0.4, 0.5) is 0 Å². The zero-order chi connectivity index (χ0) is 13.8. The number of hydrogen-bond acceptors (Lipinski definition) is 4. The van der Waals surface area contributed by atoms with Crippen LogP contribution >= 0.6 is 0 Å². The Morgan fingerprint density at radius 2 is 2.05 bits per heavy atom. The lowest BCUT2D eigenvalue weighted by molar-refractivity contribution is 0.124. The fourth-order valence-electron chi connectivity index (χ4n) is 2.33. The van der Waals surface area contributed by atoms with E-state index >= 15 is 0 Å². The molecule has 1 aliphatic heterocycles. The van der Waals surface area contributed by atoms with Gasteiger partial charge in [0.15, 0.2) is 11.5 Å². The molecule has 0 spiro atoms. The summed E-state index contributed by atoms with van der Waals surface area (Å²) in [6.07, 6.45) is 2.70. The van der Waals surface area contributed by atoms with Crippen molar-refractivity contribution in [3.05, 3.63) is 23.8 Å². The van der Waals surface area contributed by atoms with Crippen molar-refractivity contribution in [3.63, 3.8) is 0 Å². The number of rotatable bonds is 7. The van der Waals surface area contributed by atoms with E-state index in [1.54, 1.807) is 0 Å². The molecule has 1 aromatic carbocycles. The van der Waals surface area contributed by atoms with Gasteiger partial charge in [0.1, 0.15) is 13.2 Å². The fraction of sp³-hybridized carbons (Fsp3) is 0.625. The second-order valence-corrected chi connectivity index (χ2v) is 5.60.